The summed E-state index contributed by atoms with van der Waals surface area (Å²) in [7, 11) is 0. The lowest BCUT2D eigenvalue weighted by Gasteiger charge is -2.30. The molecular weight excluding hydrogens is 294 g/mol. The Morgan fingerprint density at radius 1 is 1.43 bits per heavy atom. The van der Waals surface area contributed by atoms with Crippen LogP contribution in [0.2, 0.25) is 0 Å². The van der Waals surface area contributed by atoms with Gasteiger partial charge in [0.05, 0.1) is 11.8 Å². The fraction of sp³-hybridized carbons (Fsp3) is 0.471. The van der Waals surface area contributed by atoms with Gasteiger partial charge in [0, 0.05) is 26.2 Å². The number of ether oxygens (including phenoxy) is 1. The van der Waals surface area contributed by atoms with Gasteiger partial charge in [0.2, 0.25) is 0 Å². The summed E-state index contributed by atoms with van der Waals surface area (Å²) in [5.74, 6) is 1.60. The number of benzene rings is 1. The molecule has 23 heavy (non-hydrogen) atoms. The van der Waals surface area contributed by atoms with Crippen molar-refractivity contribution in [1.82, 2.24) is 9.88 Å². The lowest BCUT2D eigenvalue weighted by molar-refractivity contribution is 0.111. The number of aromatic nitrogens is 1. The highest BCUT2D eigenvalue weighted by Gasteiger charge is 2.18. The second-order valence-electron chi connectivity index (χ2n) is 5.95. The standard InChI is InChI=1S/C17H23N3O3/c1-12-17(23-11-19-12)10-22-16-3-2-14-8-20(9-15(21)7-18)5-4-13(14)6-16/h2-3,6,11,15,21H,4-5,7-10,18H2,1H3. The van der Waals surface area contributed by atoms with Crippen molar-refractivity contribution in [1.29, 1.82) is 0 Å². The maximum atomic E-state index is 9.68. The first kappa shape index (κ1) is 16.0. The van der Waals surface area contributed by atoms with Gasteiger partial charge >= 0.3 is 0 Å². The van der Waals surface area contributed by atoms with E-state index in [0.29, 0.717) is 19.7 Å². The average Bonchev–Trinajstić information content (AvgIpc) is 2.97. The van der Waals surface area contributed by atoms with E-state index < -0.39 is 6.10 Å². The normalized spacial score (nSPS) is 16.1. The molecule has 6 nitrogen and oxygen atoms in total. The number of hydrogen-bond donors (Lipinski definition) is 2. The zero-order valence-corrected chi connectivity index (χ0v) is 13.4. The summed E-state index contributed by atoms with van der Waals surface area (Å²) in [6.07, 6.45) is 1.93. The summed E-state index contributed by atoms with van der Waals surface area (Å²) in [4.78, 5) is 6.29. The SMILES string of the molecule is Cc1ncoc1COc1ccc2c(c1)CCN(CC(O)CN)C2. The van der Waals surface area contributed by atoms with E-state index in [4.69, 9.17) is 14.9 Å². The number of nitrogens with zero attached hydrogens (tertiary/aromatic N) is 2. The van der Waals surface area contributed by atoms with Crippen LogP contribution in [0.15, 0.2) is 29.0 Å². The summed E-state index contributed by atoms with van der Waals surface area (Å²) >= 11 is 0. The van der Waals surface area contributed by atoms with E-state index in [1.54, 1.807) is 0 Å². The summed E-state index contributed by atoms with van der Waals surface area (Å²) in [5, 5.41) is 9.68. The lowest BCUT2D eigenvalue weighted by Crippen LogP contribution is -2.39. The van der Waals surface area contributed by atoms with E-state index in [2.05, 4.69) is 22.0 Å². The van der Waals surface area contributed by atoms with E-state index in [1.165, 1.54) is 17.5 Å². The molecular formula is C17H23N3O3. The van der Waals surface area contributed by atoms with Crippen molar-refractivity contribution in [3.05, 3.63) is 47.2 Å². The van der Waals surface area contributed by atoms with Gasteiger partial charge in [-0.15, -0.1) is 0 Å². The first-order chi connectivity index (χ1) is 11.2. The maximum Gasteiger partial charge on any atom is 0.181 e. The molecule has 1 atom stereocenters. The van der Waals surface area contributed by atoms with E-state index in [0.717, 1.165) is 36.7 Å². The average molecular weight is 317 g/mol. The predicted molar refractivity (Wildman–Crippen MR) is 86.1 cm³/mol. The Kier molecular flexibility index (Phi) is 4.95. The van der Waals surface area contributed by atoms with Crippen LogP contribution >= 0.6 is 0 Å². The van der Waals surface area contributed by atoms with Crippen LogP contribution in [-0.4, -0.2) is 40.7 Å². The number of aliphatic hydroxyl groups is 1. The minimum absolute atomic E-state index is 0.303. The molecule has 1 aromatic heterocycles. The van der Waals surface area contributed by atoms with Gasteiger partial charge in [0.1, 0.15) is 12.4 Å². The quantitative estimate of drug-likeness (QED) is 0.834. The maximum absolute atomic E-state index is 9.68. The minimum Gasteiger partial charge on any atom is -0.486 e. The van der Waals surface area contributed by atoms with Crippen molar-refractivity contribution < 1.29 is 14.3 Å². The van der Waals surface area contributed by atoms with Gasteiger partial charge in [-0.1, -0.05) is 6.07 Å². The third-order valence-corrected chi connectivity index (χ3v) is 4.22. The molecule has 0 aliphatic carbocycles. The van der Waals surface area contributed by atoms with Gasteiger partial charge in [-0.25, -0.2) is 4.98 Å². The van der Waals surface area contributed by atoms with Gasteiger partial charge in [0.25, 0.3) is 0 Å². The summed E-state index contributed by atoms with van der Waals surface area (Å²) in [5.41, 5.74) is 8.92. The van der Waals surface area contributed by atoms with Crippen LogP contribution in [0, 0.1) is 6.92 Å². The summed E-state index contributed by atoms with van der Waals surface area (Å²) in [6.45, 7) is 4.98. The number of oxazole rings is 1. The molecule has 1 aromatic carbocycles. The number of aliphatic hydroxyl groups excluding tert-OH is 1. The van der Waals surface area contributed by atoms with Crippen LogP contribution < -0.4 is 10.5 Å². The highest BCUT2D eigenvalue weighted by molar-refractivity contribution is 5.37. The Morgan fingerprint density at radius 3 is 3.04 bits per heavy atom. The minimum atomic E-state index is -0.454. The molecule has 3 rings (SSSR count). The van der Waals surface area contributed by atoms with Crippen molar-refractivity contribution in [2.75, 3.05) is 19.6 Å². The fourth-order valence-corrected chi connectivity index (χ4v) is 2.82. The number of fused-ring (bicyclic) bond motifs is 1. The highest BCUT2D eigenvalue weighted by atomic mass is 16.5. The number of β-amino-alcohol motifs (C(OH)–C–C–N with tert-alkyl or cyclic N) is 1. The number of hydrogen-bond acceptors (Lipinski definition) is 6. The van der Waals surface area contributed by atoms with E-state index in [-0.39, 0.29) is 0 Å². The predicted octanol–water partition coefficient (Wildman–Crippen LogP) is 1.24. The Labute approximate surface area is 135 Å². The molecule has 2 aromatic rings. The van der Waals surface area contributed by atoms with Gasteiger partial charge < -0.3 is 20.0 Å². The Bertz CT molecular complexity index is 656. The van der Waals surface area contributed by atoms with Gasteiger partial charge in [-0.3, -0.25) is 4.90 Å². The molecule has 1 unspecified atom stereocenters. The molecule has 0 fully saturated rings. The van der Waals surface area contributed by atoms with Crippen LogP contribution in [-0.2, 0) is 19.6 Å². The lowest BCUT2D eigenvalue weighted by atomic mass is 9.99. The third-order valence-electron chi connectivity index (χ3n) is 4.22. The molecule has 3 N–H and O–H groups in total. The van der Waals surface area contributed by atoms with Crippen molar-refractivity contribution in [2.45, 2.75) is 32.6 Å². The first-order valence-corrected chi connectivity index (χ1v) is 7.89. The van der Waals surface area contributed by atoms with E-state index in [9.17, 15) is 5.11 Å². The van der Waals surface area contributed by atoms with Crippen LogP contribution in [0.1, 0.15) is 22.6 Å². The van der Waals surface area contributed by atoms with Crippen molar-refractivity contribution in [3.8, 4) is 5.75 Å². The van der Waals surface area contributed by atoms with Crippen LogP contribution in [0.5, 0.6) is 5.75 Å². The molecule has 0 saturated heterocycles. The monoisotopic (exact) mass is 317 g/mol. The van der Waals surface area contributed by atoms with Crippen molar-refractivity contribution in [3.63, 3.8) is 0 Å². The second-order valence-corrected chi connectivity index (χ2v) is 5.95. The molecule has 1 aliphatic rings. The number of nitrogens with two attached hydrogens (primary N) is 1. The van der Waals surface area contributed by atoms with E-state index in [1.807, 2.05) is 13.0 Å². The molecule has 0 saturated carbocycles. The number of aryl methyl sites for hydroxylation is 1. The molecule has 124 valence electrons. The molecule has 0 radical (unpaired) electrons. The Balaban J connectivity index is 1.61. The highest BCUT2D eigenvalue weighted by Crippen LogP contribution is 2.24. The van der Waals surface area contributed by atoms with Gasteiger partial charge in [-0.2, -0.15) is 0 Å². The van der Waals surface area contributed by atoms with Crippen LogP contribution in [0.25, 0.3) is 0 Å². The van der Waals surface area contributed by atoms with Gasteiger partial charge in [0.15, 0.2) is 12.2 Å². The van der Waals surface area contributed by atoms with E-state index >= 15 is 0 Å². The smallest absolute Gasteiger partial charge is 0.181 e. The van der Waals surface area contributed by atoms with Crippen molar-refractivity contribution >= 4 is 0 Å². The molecule has 0 amide bonds. The molecule has 1 aliphatic heterocycles. The largest absolute Gasteiger partial charge is 0.486 e. The zero-order valence-electron chi connectivity index (χ0n) is 13.4. The Hall–Kier alpha value is -1.89. The number of rotatable bonds is 6. The fourth-order valence-electron chi connectivity index (χ4n) is 2.82. The first-order valence-electron chi connectivity index (χ1n) is 7.89. The second kappa shape index (κ2) is 7.12. The summed E-state index contributed by atoms with van der Waals surface area (Å²) in [6, 6.07) is 6.17. The van der Waals surface area contributed by atoms with Crippen LogP contribution in [0.4, 0.5) is 0 Å². The zero-order chi connectivity index (χ0) is 16.2. The molecule has 0 bridgehead atoms. The van der Waals surface area contributed by atoms with Crippen LogP contribution in [0.3, 0.4) is 0 Å². The molecule has 6 heteroatoms. The third kappa shape index (κ3) is 3.90. The van der Waals surface area contributed by atoms with Crippen molar-refractivity contribution in [2.24, 2.45) is 5.73 Å². The molecule has 2 heterocycles. The Morgan fingerprint density at radius 2 is 2.30 bits per heavy atom. The van der Waals surface area contributed by atoms with Gasteiger partial charge in [-0.05, 0) is 36.6 Å². The summed E-state index contributed by atoms with van der Waals surface area (Å²) < 4.78 is 11.1. The topological polar surface area (TPSA) is 84.8 Å². The molecule has 0 spiro atoms.